The SMILES string of the molecule is COC(=O)[C@]1([C@@H](O)[C@@H]2C=CCCC2)NC(=O)[C@H](CCO)[C@]1(C)O. The molecule has 130 valence electrons. The molecule has 1 aliphatic carbocycles. The second kappa shape index (κ2) is 6.59. The van der Waals surface area contributed by atoms with Gasteiger partial charge in [0.2, 0.25) is 5.91 Å². The number of nitrogens with one attached hydrogen (secondary N) is 1. The maximum Gasteiger partial charge on any atom is 0.337 e. The number of methoxy groups -OCH3 is 1. The number of amides is 1. The number of allylic oxidation sites excluding steroid dienone is 1. The van der Waals surface area contributed by atoms with Crippen LogP contribution < -0.4 is 5.32 Å². The highest BCUT2D eigenvalue weighted by molar-refractivity contribution is 5.96. The van der Waals surface area contributed by atoms with E-state index in [1.165, 1.54) is 6.92 Å². The molecule has 0 radical (unpaired) electrons. The van der Waals surface area contributed by atoms with Gasteiger partial charge in [0.1, 0.15) is 5.60 Å². The van der Waals surface area contributed by atoms with Gasteiger partial charge in [-0.25, -0.2) is 4.79 Å². The molecular weight excluding hydrogens is 302 g/mol. The van der Waals surface area contributed by atoms with Gasteiger partial charge in [0.25, 0.3) is 0 Å². The first-order valence-corrected chi connectivity index (χ1v) is 7.91. The van der Waals surface area contributed by atoms with E-state index in [1.54, 1.807) is 6.08 Å². The number of rotatable bonds is 5. The van der Waals surface area contributed by atoms with Crippen LogP contribution in [0.3, 0.4) is 0 Å². The number of hydrogen-bond acceptors (Lipinski definition) is 6. The predicted molar refractivity (Wildman–Crippen MR) is 81.2 cm³/mol. The molecule has 1 fully saturated rings. The summed E-state index contributed by atoms with van der Waals surface area (Å²) in [5, 5.41) is 33.5. The Morgan fingerprint density at radius 1 is 1.57 bits per heavy atom. The molecule has 0 aromatic carbocycles. The summed E-state index contributed by atoms with van der Waals surface area (Å²) in [5.74, 6) is -2.84. The van der Waals surface area contributed by atoms with Crippen molar-refractivity contribution in [3.05, 3.63) is 12.2 Å². The fourth-order valence-corrected chi connectivity index (χ4v) is 3.81. The number of esters is 1. The van der Waals surface area contributed by atoms with Crippen molar-refractivity contribution >= 4 is 11.9 Å². The molecule has 23 heavy (non-hydrogen) atoms. The maximum absolute atomic E-state index is 12.5. The Balaban J connectivity index is 2.47. The molecule has 1 aliphatic heterocycles. The van der Waals surface area contributed by atoms with Crippen molar-refractivity contribution < 1.29 is 29.6 Å². The van der Waals surface area contributed by atoms with Crippen LogP contribution in [0.4, 0.5) is 0 Å². The van der Waals surface area contributed by atoms with Gasteiger partial charge in [-0.2, -0.15) is 0 Å². The third-order valence-corrected chi connectivity index (χ3v) is 5.18. The van der Waals surface area contributed by atoms with Gasteiger partial charge in [-0.05, 0) is 32.6 Å². The zero-order chi connectivity index (χ0) is 17.3. The van der Waals surface area contributed by atoms with E-state index in [1.807, 2.05) is 6.08 Å². The Bertz CT molecular complexity index is 503. The van der Waals surface area contributed by atoms with Crippen LogP contribution in [0, 0.1) is 11.8 Å². The third-order valence-electron chi connectivity index (χ3n) is 5.18. The highest BCUT2D eigenvalue weighted by Gasteiger charge is 2.69. The van der Waals surface area contributed by atoms with Crippen LogP contribution >= 0.6 is 0 Å². The van der Waals surface area contributed by atoms with Crippen LogP contribution in [0.1, 0.15) is 32.6 Å². The average Bonchev–Trinajstić information content (AvgIpc) is 2.75. The minimum atomic E-state index is -1.95. The minimum absolute atomic E-state index is 0.00912. The van der Waals surface area contributed by atoms with E-state index >= 15 is 0 Å². The molecular formula is C16H25NO6. The van der Waals surface area contributed by atoms with Gasteiger partial charge in [0.05, 0.1) is 19.1 Å². The first-order chi connectivity index (χ1) is 10.8. The minimum Gasteiger partial charge on any atom is -0.467 e. The van der Waals surface area contributed by atoms with Crippen molar-refractivity contribution in [1.82, 2.24) is 5.32 Å². The van der Waals surface area contributed by atoms with E-state index in [0.717, 1.165) is 20.0 Å². The van der Waals surface area contributed by atoms with Gasteiger partial charge in [-0.3, -0.25) is 4.79 Å². The second-order valence-electron chi connectivity index (χ2n) is 6.47. The number of aliphatic hydroxyl groups excluding tert-OH is 2. The van der Waals surface area contributed by atoms with Gasteiger partial charge in [0.15, 0.2) is 5.54 Å². The first kappa shape index (κ1) is 17.9. The molecule has 0 aromatic rings. The van der Waals surface area contributed by atoms with E-state index in [0.29, 0.717) is 6.42 Å². The molecule has 2 rings (SSSR count). The van der Waals surface area contributed by atoms with Gasteiger partial charge in [0, 0.05) is 12.5 Å². The summed E-state index contributed by atoms with van der Waals surface area (Å²) in [4.78, 5) is 24.8. The summed E-state index contributed by atoms with van der Waals surface area (Å²) < 4.78 is 4.80. The molecule has 0 spiro atoms. The molecule has 7 nitrogen and oxygen atoms in total. The maximum atomic E-state index is 12.5. The molecule has 4 N–H and O–H groups in total. The summed E-state index contributed by atoms with van der Waals surface area (Å²) >= 11 is 0. The fourth-order valence-electron chi connectivity index (χ4n) is 3.81. The lowest BCUT2D eigenvalue weighted by Gasteiger charge is -2.44. The lowest BCUT2D eigenvalue weighted by molar-refractivity contribution is -0.174. The van der Waals surface area contributed by atoms with Crippen molar-refractivity contribution in [3.8, 4) is 0 Å². The van der Waals surface area contributed by atoms with E-state index in [9.17, 15) is 19.8 Å². The zero-order valence-corrected chi connectivity index (χ0v) is 13.5. The number of carbonyl (C=O) groups excluding carboxylic acids is 2. The molecule has 0 unspecified atom stereocenters. The molecule has 1 saturated heterocycles. The Hall–Kier alpha value is -1.44. The Morgan fingerprint density at radius 2 is 2.26 bits per heavy atom. The van der Waals surface area contributed by atoms with Crippen molar-refractivity contribution in [1.29, 1.82) is 0 Å². The van der Waals surface area contributed by atoms with E-state index < -0.39 is 35.0 Å². The Morgan fingerprint density at radius 3 is 2.78 bits per heavy atom. The van der Waals surface area contributed by atoms with E-state index in [4.69, 9.17) is 9.84 Å². The fraction of sp³-hybridized carbons (Fsp3) is 0.750. The van der Waals surface area contributed by atoms with Crippen LogP contribution in [-0.2, 0) is 14.3 Å². The Kier molecular flexibility index (Phi) is 5.13. The van der Waals surface area contributed by atoms with Gasteiger partial charge < -0.3 is 25.4 Å². The lowest BCUT2D eigenvalue weighted by atomic mass is 9.68. The molecule has 0 saturated carbocycles. The summed E-state index contributed by atoms with van der Waals surface area (Å²) in [6.45, 7) is 1.02. The molecule has 0 aromatic heterocycles. The average molecular weight is 327 g/mol. The van der Waals surface area contributed by atoms with Crippen molar-refractivity contribution in [2.45, 2.75) is 49.9 Å². The molecule has 1 heterocycles. The standard InChI is InChI=1S/C16H25NO6/c1-15(22)11(8-9-18)13(20)17-16(15,14(21)23-2)12(19)10-6-4-3-5-7-10/h4,6,10-12,18-19,22H,3,5,7-9H2,1-2H3,(H,17,20)/t10-,11+,12+,15+,16+/m1/s1. The zero-order valence-electron chi connectivity index (χ0n) is 13.5. The monoisotopic (exact) mass is 327 g/mol. The van der Waals surface area contributed by atoms with Crippen LogP contribution in [0.25, 0.3) is 0 Å². The molecule has 1 amide bonds. The third kappa shape index (κ3) is 2.66. The van der Waals surface area contributed by atoms with Gasteiger partial charge in [-0.15, -0.1) is 0 Å². The topological polar surface area (TPSA) is 116 Å². The van der Waals surface area contributed by atoms with Crippen LogP contribution in [0.15, 0.2) is 12.2 Å². The molecule has 0 bridgehead atoms. The van der Waals surface area contributed by atoms with Crippen LogP contribution in [-0.4, -0.2) is 58.2 Å². The largest absolute Gasteiger partial charge is 0.467 e. The summed E-state index contributed by atoms with van der Waals surface area (Å²) in [6, 6.07) is 0. The summed E-state index contributed by atoms with van der Waals surface area (Å²) in [5.41, 5.74) is -3.84. The number of carbonyl (C=O) groups is 2. The van der Waals surface area contributed by atoms with Crippen molar-refractivity contribution in [2.24, 2.45) is 11.8 Å². The van der Waals surface area contributed by atoms with Crippen LogP contribution in [0.2, 0.25) is 0 Å². The number of ether oxygens (including phenoxy) is 1. The predicted octanol–water partition coefficient (Wildman–Crippen LogP) is -0.505. The van der Waals surface area contributed by atoms with Crippen molar-refractivity contribution in [2.75, 3.05) is 13.7 Å². The summed E-state index contributed by atoms with van der Waals surface area (Å²) in [6.07, 6.45) is 4.78. The second-order valence-corrected chi connectivity index (χ2v) is 6.47. The van der Waals surface area contributed by atoms with Gasteiger partial charge in [-0.1, -0.05) is 12.2 Å². The quantitative estimate of drug-likeness (QED) is 0.399. The van der Waals surface area contributed by atoms with Crippen molar-refractivity contribution in [3.63, 3.8) is 0 Å². The van der Waals surface area contributed by atoms with E-state index in [-0.39, 0.29) is 18.9 Å². The highest BCUT2D eigenvalue weighted by Crippen LogP contribution is 2.44. The van der Waals surface area contributed by atoms with E-state index in [2.05, 4.69) is 5.32 Å². The molecule has 5 atom stereocenters. The molecule has 7 heteroatoms. The van der Waals surface area contributed by atoms with Gasteiger partial charge >= 0.3 is 5.97 Å². The van der Waals surface area contributed by atoms with Crippen LogP contribution in [0.5, 0.6) is 0 Å². The normalized spacial score (nSPS) is 38.2. The molecule has 2 aliphatic rings. The summed E-state index contributed by atoms with van der Waals surface area (Å²) in [7, 11) is 1.15. The highest BCUT2D eigenvalue weighted by atomic mass is 16.5. The number of hydrogen-bond donors (Lipinski definition) is 4. The Labute approximate surface area is 135 Å². The smallest absolute Gasteiger partial charge is 0.337 e. The lowest BCUT2D eigenvalue weighted by Crippen LogP contribution is -2.70. The number of aliphatic hydroxyl groups is 3. The first-order valence-electron chi connectivity index (χ1n) is 7.91.